The Hall–Kier alpha value is -1.31. The minimum atomic E-state index is -0.217. The smallest absolute Gasteiger partial charge is 0.136 e. The van der Waals surface area contributed by atoms with Crippen molar-refractivity contribution in [1.29, 1.82) is 0 Å². The molecule has 1 rings (SSSR count). The van der Waals surface area contributed by atoms with Crippen molar-refractivity contribution in [3.8, 4) is 5.75 Å². The second-order valence-electron chi connectivity index (χ2n) is 8.90. The van der Waals surface area contributed by atoms with Gasteiger partial charge in [-0.15, -0.1) is 0 Å². The van der Waals surface area contributed by atoms with E-state index in [4.69, 9.17) is 5.11 Å². The first-order valence-corrected chi connectivity index (χ1v) is 8.52. The van der Waals surface area contributed by atoms with Crippen LogP contribution in [0.1, 0.15) is 74.3 Å². The maximum Gasteiger partial charge on any atom is 0.136 e. The molecule has 1 unspecified atom stereocenters. The summed E-state index contributed by atoms with van der Waals surface area (Å²) in [7, 11) is 0. The molecule has 0 heterocycles. The van der Waals surface area contributed by atoms with Gasteiger partial charge in [0.1, 0.15) is 11.5 Å². The molecule has 132 valence electrons. The van der Waals surface area contributed by atoms with Gasteiger partial charge in [-0.3, -0.25) is 4.79 Å². The third kappa shape index (κ3) is 7.20. The van der Waals surface area contributed by atoms with Crippen molar-refractivity contribution in [2.75, 3.05) is 0 Å². The summed E-state index contributed by atoms with van der Waals surface area (Å²) in [5.74, 6) is 0.645. The number of phenolic OH excluding ortho intramolecular Hbond substituents is 1. The SMILES string of the molecule is CC(=O)C(C)(CC(C)(C)C)C(C)(C)C.CCc1ccc(O)cc1. The molecular formula is C21H36O2. The van der Waals surface area contributed by atoms with Gasteiger partial charge in [0.2, 0.25) is 0 Å². The number of aryl methyl sites for hydroxylation is 1. The average molecular weight is 321 g/mol. The van der Waals surface area contributed by atoms with Gasteiger partial charge < -0.3 is 5.11 Å². The maximum atomic E-state index is 11.8. The van der Waals surface area contributed by atoms with Gasteiger partial charge in [-0.05, 0) is 48.3 Å². The van der Waals surface area contributed by atoms with Gasteiger partial charge in [0.25, 0.3) is 0 Å². The van der Waals surface area contributed by atoms with Crippen LogP contribution in [0.4, 0.5) is 0 Å². The highest BCUT2D eigenvalue weighted by molar-refractivity contribution is 5.82. The summed E-state index contributed by atoms with van der Waals surface area (Å²) in [6.45, 7) is 18.9. The predicted octanol–water partition coefficient (Wildman–Crippen LogP) is 6.02. The van der Waals surface area contributed by atoms with Crippen LogP contribution in [0.25, 0.3) is 0 Å². The van der Waals surface area contributed by atoms with Crippen LogP contribution in [0, 0.1) is 16.2 Å². The van der Waals surface area contributed by atoms with Gasteiger partial charge >= 0.3 is 0 Å². The largest absolute Gasteiger partial charge is 0.508 e. The molecule has 0 radical (unpaired) electrons. The fraction of sp³-hybridized carbons (Fsp3) is 0.667. The van der Waals surface area contributed by atoms with Crippen LogP contribution in [0.15, 0.2) is 24.3 Å². The number of benzene rings is 1. The van der Waals surface area contributed by atoms with Crippen molar-refractivity contribution >= 4 is 5.78 Å². The first kappa shape index (κ1) is 21.7. The van der Waals surface area contributed by atoms with Crippen molar-refractivity contribution in [1.82, 2.24) is 0 Å². The molecule has 23 heavy (non-hydrogen) atoms. The normalized spacial score (nSPS) is 14.5. The van der Waals surface area contributed by atoms with Crippen LogP contribution in [-0.2, 0) is 11.2 Å². The minimum absolute atomic E-state index is 0.0338. The molecule has 0 saturated heterocycles. The minimum Gasteiger partial charge on any atom is -0.508 e. The number of hydrogen-bond donors (Lipinski definition) is 1. The number of aromatic hydroxyl groups is 1. The Balaban J connectivity index is 0.000000459. The van der Waals surface area contributed by atoms with Gasteiger partial charge in [-0.2, -0.15) is 0 Å². The monoisotopic (exact) mass is 320 g/mol. The second kappa shape index (κ2) is 7.99. The van der Waals surface area contributed by atoms with Gasteiger partial charge in [0, 0.05) is 5.41 Å². The topological polar surface area (TPSA) is 37.3 Å². The van der Waals surface area contributed by atoms with Gasteiger partial charge in [0.15, 0.2) is 0 Å². The summed E-state index contributed by atoms with van der Waals surface area (Å²) in [6.07, 6.45) is 1.97. The lowest BCUT2D eigenvalue weighted by molar-refractivity contribution is -0.134. The molecule has 2 heteroatoms. The lowest BCUT2D eigenvalue weighted by Crippen LogP contribution is -2.42. The molecule has 1 aromatic rings. The van der Waals surface area contributed by atoms with E-state index in [2.05, 4.69) is 55.4 Å². The van der Waals surface area contributed by atoms with E-state index < -0.39 is 0 Å². The van der Waals surface area contributed by atoms with Crippen molar-refractivity contribution in [2.24, 2.45) is 16.2 Å². The highest BCUT2D eigenvalue weighted by Crippen LogP contribution is 2.46. The number of carbonyl (C=O) groups is 1. The van der Waals surface area contributed by atoms with E-state index in [1.54, 1.807) is 19.1 Å². The Bertz CT molecular complexity index is 486. The molecule has 0 fully saturated rings. The lowest BCUT2D eigenvalue weighted by Gasteiger charge is -2.43. The van der Waals surface area contributed by atoms with E-state index in [-0.39, 0.29) is 16.2 Å². The molecule has 1 N–H and O–H groups in total. The maximum absolute atomic E-state index is 11.8. The third-order valence-electron chi connectivity index (χ3n) is 4.66. The molecular weight excluding hydrogens is 284 g/mol. The number of phenols is 1. The third-order valence-corrected chi connectivity index (χ3v) is 4.66. The zero-order chi connectivity index (χ0) is 18.5. The summed E-state index contributed by atoms with van der Waals surface area (Å²) in [5, 5.41) is 8.85. The standard InChI is InChI=1S/C13H26O.C8H10O/c1-10(14)13(8,12(5,6)7)9-11(2,3)4;1-2-7-3-5-8(9)6-4-7/h9H2,1-8H3;3-6,9H,2H2,1H3. The molecule has 0 bridgehead atoms. The summed E-state index contributed by atoms with van der Waals surface area (Å²) in [6, 6.07) is 7.27. The molecule has 0 spiro atoms. The molecule has 0 amide bonds. The summed E-state index contributed by atoms with van der Waals surface area (Å²) >= 11 is 0. The lowest BCUT2D eigenvalue weighted by atomic mass is 9.59. The number of Topliss-reactive ketones (excluding diaryl/α,β-unsaturated/α-hetero) is 1. The first-order chi connectivity index (χ1) is 10.2. The zero-order valence-electron chi connectivity index (χ0n) is 16.6. The highest BCUT2D eigenvalue weighted by atomic mass is 16.3. The number of hydrogen-bond acceptors (Lipinski definition) is 2. The Morgan fingerprint density at radius 3 is 1.61 bits per heavy atom. The van der Waals surface area contributed by atoms with Crippen molar-refractivity contribution in [3.63, 3.8) is 0 Å². The summed E-state index contributed by atoms with van der Waals surface area (Å²) < 4.78 is 0. The molecule has 0 aromatic heterocycles. The summed E-state index contributed by atoms with van der Waals surface area (Å²) in [4.78, 5) is 11.8. The molecule has 0 aliphatic rings. The van der Waals surface area contributed by atoms with Crippen molar-refractivity contribution in [2.45, 2.75) is 75.2 Å². The predicted molar refractivity (Wildman–Crippen MR) is 99.8 cm³/mol. The fourth-order valence-electron chi connectivity index (χ4n) is 2.71. The number of carbonyl (C=O) groups excluding carboxylic acids is 1. The van der Waals surface area contributed by atoms with Gasteiger partial charge in [-0.25, -0.2) is 0 Å². The molecule has 1 atom stereocenters. The Morgan fingerprint density at radius 2 is 1.39 bits per heavy atom. The number of rotatable bonds is 3. The van der Waals surface area contributed by atoms with Crippen LogP contribution in [0.5, 0.6) is 5.75 Å². The fourth-order valence-corrected chi connectivity index (χ4v) is 2.71. The van der Waals surface area contributed by atoms with Crippen LogP contribution in [0.3, 0.4) is 0 Å². The quantitative estimate of drug-likeness (QED) is 0.739. The van der Waals surface area contributed by atoms with Crippen LogP contribution in [0.2, 0.25) is 0 Å². The zero-order valence-corrected chi connectivity index (χ0v) is 16.6. The van der Waals surface area contributed by atoms with Crippen LogP contribution in [-0.4, -0.2) is 10.9 Å². The van der Waals surface area contributed by atoms with Crippen molar-refractivity contribution in [3.05, 3.63) is 29.8 Å². The van der Waals surface area contributed by atoms with Crippen LogP contribution >= 0.6 is 0 Å². The highest BCUT2D eigenvalue weighted by Gasteiger charge is 2.43. The Kier molecular flexibility index (Phi) is 7.53. The first-order valence-electron chi connectivity index (χ1n) is 8.52. The molecule has 0 aliphatic carbocycles. The van der Waals surface area contributed by atoms with E-state index in [9.17, 15) is 4.79 Å². The van der Waals surface area contributed by atoms with E-state index in [0.717, 1.165) is 12.8 Å². The van der Waals surface area contributed by atoms with Crippen molar-refractivity contribution < 1.29 is 9.90 Å². The van der Waals surface area contributed by atoms with Crippen LogP contribution < -0.4 is 0 Å². The van der Waals surface area contributed by atoms with E-state index in [0.29, 0.717) is 11.5 Å². The molecule has 0 aliphatic heterocycles. The average Bonchev–Trinajstić information content (AvgIpc) is 2.37. The van der Waals surface area contributed by atoms with E-state index in [1.165, 1.54) is 5.56 Å². The molecule has 0 saturated carbocycles. The van der Waals surface area contributed by atoms with Gasteiger partial charge in [-0.1, -0.05) is 67.5 Å². The van der Waals surface area contributed by atoms with E-state index >= 15 is 0 Å². The van der Waals surface area contributed by atoms with Gasteiger partial charge in [0.05, 0.1) is 0 Å². The summed E-state index contributed by atoms with van der Waals surface area (Å²) in [5.41, 5.74) is 1.28. The Labute approximate surface area is 143 Å². The van der Waals surface area contributed by atoms with E-state index in [1.807, 2.05) is 12.1 Å². The molecule has 1 aromatic carbocycles. The molecule has 2 nitrogen and oxygen atoms in total. The second-order valence-corrected chi connectivity index (χ2v) is 8.90. The Morgan fingerprint density at radius 1 is 0.957 bits per heavy atom. The number of ketones is 1.